The van der Waals surface area contributed by atoms with E-state index < -0.39 is 0 Å². The van der Waals surface area contributed by atoms with Crippen LogP contribution in [0.4, 0.5) is 0 Å². The van der Waals surface area contributed by atoms with Crippen LogP contribution < -0.4 is 11.1 Å². The number of hydrogen-bond acceptors (Lipinski definition) is 3. The highest BCUT2D eigenvalue weighted by atomic mass is 16.1. The van der Waals surface area contributed by atoms with E-state index in [1.54, 1.807) is 0 Å². The van der Waals surface area contributed by atoms with E-state index in [0.717, 1.165) is 25.1 Å². The van der Waals surface area contributed by atoms with Crippen molar-refractivity contribution in [2.24, 2.45) is 11.1 Å². The first kappa shape index (κ1) is 16.4. The van der Waals surface area contributed by atoms with E-state index >= 15 is 0 Å². The molecule has 17 heavy (non-hydrogen) atoms. The molecule has 0 aromatic carbocycles. The monoisotopic (exact) mass is 240 g/mol. The SMILES string of the molecule is CC(C)(C)C(=C=O)CNCCCCCCCN. The summed E-state index contributed by atoms with van der Waals surface area (Å²) in [5, 5.41) is 3.31. The van der Waals surface area contributed by atoms with E-state index in [-0.39, 0.29) is 5.41 Å². The number of unbranched alkanes of at least 4 members (excludes halogenated alkanes) is 4. The summed E-state index contributed by atoms with van der Waals surface area (Å²) in [5.41, 5.74) is 6.18. The maximum Gasteiger partial charge on any atom is 0.125 e. The molecule has 3 N–H and O–H groups in total. The molecule has 0 spiro atoms. The van der Waals surface area contributed by atoms with Gasteiger partial charge in [0.1, 0.15) is 5.94 Å². The zero-order valence-electron chi connectivity index (χ0n) is 11.6. The van der Waals surface area contributed by atoms with Crippen LogP contribution in [0, 0.1) is 5.41 Å². The molecule has 0 amide bonds. The average molecular weight is 240 g/mol. The van der Waals surface area contributed by atoms with E-state index in [1.807, 2.05) is 20.8 Å². The largest absolute Gasteiger partial charge is 0.330 e. The number of nitrogens with two attached hydrogens (primary N) is 1. The van der Waals surface area contributed by atoms with Gasteiger partial charge in [-0.1, -0.05) is 40.0 Å². The summed E-state index contributed by atoms with van der Waals surface area (Å²) in [6.07, 6.45) is 6.03. The van der Waals surface area contributed by atoms with Crippen molar-refractivity contribution in [1.29, 1.82) is 0 Å². The first-order valence-corrected chi connectivity index (χ1v) is 6.67. The second-order valence-corrected chi connectivity index (χ2v) is 5.56. The van der Waals surface area contributed by atoms with E-state index in [2.05, 4.69) is 11.3 Å². The van der Waals surface area contributed by atoms with Crippen molar-refractivity contribution in [2.45, 2.75) is 52.9 Å². The predicted octanol–water partition coefficient (Wildman–Crippen LogP) is 2.29. The summed E-state index contributed by atoms with van der Waals surface area (Å²) in [4.78, 5) is 10.8. The molecule has 0 rings (SSSR count). The van der Waals surface area contributed by atoms with Gasteiger partial charge in [0.2, 0.25) is 0 Å². The Morgan fingerprint density at radius 1 is 1.12 bits per heavy atom. The Labute approximate surface area is 106 Å². The first-order chi connectivity index (χ1) is 8.02. The van der Waals surface area contributed by atoms with Gasteiger partial charge in [-0.25, -0.2) is 4.79 Å². The summed E-state index contributed by atoms with van der Waals surface area (Å²) in [6, 6.07) is 0. The standard InChI is InChI=1S/C14H28N2O/c1-14(2,3)13(12-17)11-16-10-8-6-4-5-7-9-15/h16H,4-11,15H2,1-3H3. The van der Waals surface area contributed by atoms with Crippen LogP contribution >= 0.6 is 0 Å². The molecule has 0 saturated heterocycles. The fourth-order valence-corrected chi connectivity index (χ4v) is 1.59. The molecule has 0 fully saturated rings. The highest BCUT2D eigenvalue weighted by molar-refractivity contribution is 5.55. The molecular weight excluding hydrogens is 212 g/mol. The fourth-order valence-electron chi connectivity index (χ4n) is 1.59. The third-order valence-electron chi connectivity index (χ3n) is 2.89. The summed E-state index contributed by atoms with van der Waals surface area (Å²) in [6.45, 7) is 8.57. The lowest BCUT2D eigenvalue weighted by Gasteiger charge is -2.19. The van der Waals surface area contributed by atoms with Crippen LogP contribution in [0.3, 0.4) is 0 Å². The Hall–Kier alpha value is -0.630. The predicted molar refractivity (Wildman–Crippen MR) is 73.7 cm³/mol. The Morgan fingerprint density at radius 3 is 2.24 bits per heavy atom. The van der Waals surface area contributed by atoms with Crippen molar-refractivity contribution in [1.82, 2.24) is 5.32 Å². The lowest BCUT2D eigenvalue weighted by molar-refractivity contribution is 0.472. The van der Waals surface area contributed by atoms with Crippen molar-refractivity contribution in [2.75, 3.05) is 19.6 Å². The number of rotatable bonds is 9. The molecule has 0 bridgehead atoms. The van der Waals surface area contributed by atoms with Crippen LogP contribution in [-0.4, -0.2) is 25.6 Å². The molecule has 0 radical (unpaired) electrons. The topological polar surface area (TPSA) is 55.1 Å². The smallest absolute Gasteiger partial charge is 0.125 e. The minimum absolute atomic E-state index is 0.0735. The fraction of sp³-hybridized carbons (Fsp3) is 0.857. The molecule has 100 valence electrons. The van der Waals surface area contributed by atoms with Gasteiger partial charge < -0.3 is 11.1 Å². The molecular formula is C14H28N2O. The van der Waals surface area contributed by atoms with Gasteiger partial charge in [-0.05, 0) is 31.3 Å². The first-order valence-electron chi connectivity index (χ1n) is 6.67. The van der Waals surface area contributed by atoms with Gasteiger partial charge >= 0.3 is 0 Å². The van der Waals surface area contributed by atoms with Crippen LogP contribution in [0.1, 0.15) is 52.9 Å². The molecule has 0 heterocycles. The normalized spacial score (nSPS) is 11.3. The highest BCUT2D eigenvalue weighted by Crippen LogP contribution is 2.21. The average Bonchev–Trinajstić information content (AvgIpc) is 2.25. The number of nitrogens with one attached hydrogen (secondary N) is 1. The van der Waals surface area contributed by atoms with Crippen molar-refractivity contribution >= 4 is 5.94 Å². The van der Waals surface area contributed by atoms with E-state index in [1.165, 1.54) is 25.7 Å². The summed E-state index contributed by atoms with van der Waals surface area (Å²) < 4.78 is 0. The molecule has 3 nitrogen and oxygen atoms in total. The van der Waals surface area contributed by atoms with Gasteiger partial charge in [0.05, 0.1) is 0 Å². The van der Waals surface area contributed by atoms with E-state index in [9.17, 15) is 4.79 Å². The molecule has 0 atom stereocenters. The van der Waals surface area contributed by atoms with Crippen molar-refractivity contribution in [3.8, 4) is 0 Å². The Balaban J connectivity index is 3.48. The van der Waals surface area contributed by atoms with Gasteiger partial charge in [0, 0.05) is 12.1 Å². The summed E-state index contributed by atoms with van der Waals surface area (Å²) in [5.74, 6) is 2.05. The van der Waals surface area contributed by atoms with Gasteiger partial charge in [-0.2, -0.15) is 0 Å². The van der Waals surface area contributed by atoms with Gasteiger partial charge in [-0.3, -0.25) is 0 Å². The van der Waals surface area contributed by atoms with Crippen molar-refractivity contribution < 1.29 is 4.79 Å². The van der Waals surface area contributed by atoms with E-state index in [0.29, 0.717) is 6.54 Å². The second-order valence-electron chi connectivity index (χ2n) is 5.56. The molecule has 0 unspecified atom stereocenters. The summed E-state index contributed by atoms with van der Waals surface area (Å²) in [7, 11) is 0. The molecule has 0 aliphatic rings. The lowest BCUT2D eigenvalue weighted by Crippen LogP contribution is -2.25. The minimum Gasteiger partial charge on any atom is -0.330 e. The quantitative estimate of drug-likeness (QED) is 0.480. The molecule has 0 saturated carbocycles. The Bertz CT molecular complexity index is 237. The Morgan fingerprint density at radius 2 is 1.71 bits per heavy atom. The van der Waals surface area contributed by atoms with Gasteiger partial charge in [-0.15, -0.1) is 0 Å². The number of carbonyl (C=O) groups excluding carboxylic acids is 1. The molecule has 0 aromatic heterocycles. The molecule has 0 aliphatic heterocycles. The van der Waals surface area contributed by atoms with Crippen molar-refractivity contribution in [3.63, 3.8) is 0 Å². The van der Waals surface area contributed by atoms with E-state index in [4.69, 9.17) is 5.73 Å². The van der Waals surface area contributed by atoms with Crippen LogP contribution in [0.25, 0.3) is 0 Å². The van der Waals surface area contributed by atoms with Gasteiger partial charge in [0.25, 0.3) is 0 Å². The molecule has 0 aliphatic carbocycles. The van der Waals surface area contributed by atoms with Gasteiger partial charge in [0.15, 0.2) is 0 Å². The second kappa shape index (κ2) is 9.41. The lowest BCUT2D eigenvalue weighted by atomic mass is 9.87. The zero-order chi connectivity index (χ0) is 13.1. The number of hydrogen-bond donors (Lipinski definition) is 2. The third kappa shape index (κ3) is 9.11. The molecule has 0 aromatic rings. The third-order valence-corrected chi connectivity index (χ3v) is 2.89. The maximum absolute atomic E-state index is 10.8. The Kier molecular flexibility index (Phi) is 9.06. The van der Waals surface area contributed by atoms with Crippen LogP contribution in [-0.2, 0) is 4.79 Å². The van der Waals surface area contributed by atoms with Crippen LogP contribution in [0.5, 0.6) is 0 Å². The van der Waals surface area contributed by atoms with Crippen molar-refractivity contribution in [3.05, 3.63) is 5.57 Å². The van der Waals surface area contributed by atoms with Crippen LogP contribution in [0.15, 0.2) is 5.57 Å². The summed E-state index contributed by atoms with van der Waals surface area (Å²) >= 11 is 0. The minimum atomic E-state index is -0.0735. The highest BCUT2D eigenvalue weighted by Gasteiger charge is 2.17. The zero-order valence-corrected chi connectivity index (χ0v) is 11.6. The maximum atomic E-state index is 10.8. The molecule has 3 heteroatoms. The van der Waals surface area contributed by atoms with Crippen LogP contribution in [0.2, 0.25) is 0 Å².